The second kappa shape index (κ2) is 8.29. The van der Waals surface area contributed by atoms with E-state index in [2.05, 4.69) is 43.5 Å². The van der Waals surface area contributed by atoms with Gasteiger partial charge in [-0.3, -0.25) is 4.98 Å². The summed E-state index contributed by atoms with van der Waals surface area (Å²) in [6.07, 6.45) is 5.14. The molecule has 3 rings (SSSR count). The molecular weight excluding hydrogens is 354 g/mol. The molecular formula is C22H29N3O3. The lowest BCUT2D eigenvalue weighted by Crippen LogP contribution is -2.61. The number of nitrogens with zero attached hydrogens (tertiary/aromatic N) is 1. The number of nitrogens with one attached hydrogen (secondary N) is 2. The van der Waals surface area contributed by atoms with E-state index in [1.165, 1.54) is 0 Å². The number of aromatic nitrogens is 1. The maximum atomic E-state index is 12.4. The summed E-state index contributed by atoms with van der Waals surface area (Å²) < 4.78 is 5.66. The predicted octanol–water partition coefficient (Wildman–Crippen LogP) is 3.63. The van der Waals surface area contributed by atoms with E-state index in [0.717, 1.165) is 18.4 Å². The van der Waals surface area contributed by atoms with Gasteiger partial charge in [0.1, 0.15) is 12.4 Å². The van der Waals surface area contributed by atoms with Gasteiger partial charge in [0.05, 0.1) is 11.8 Å². The molecule has 0 unspecified atom stereocenters. The largest absolute Gasteiger partial charge is 0.487 e. The van der Waals surface area contributed by atoms with Crippen molar-refractivity contribution in [2.24, 2.45) is 0 Å². The number of pyridine rings is 1. The van der Waals surface area contributed by atoms with E-state index in [-0.39, 0.29) is 23.1 Å². The lowest BCUT2D eigenvalue weighted by atomic mass is 9.80. The summed E-state index contributed by atoms with van der Waals surface area (Å²) in [6.45, 7) is 9.07. The molecule has 1 aliphatic heterocycles. The van der Waals surface area contributed by atoms with Gasteiger partial charge < -0.3 is 14.9 Å². The highest BCUT2D eigenvalue weighted by atomic mass is 16.7. The Bertz CT molecular complexity index is 772. The van der Waals surface area contributed by atoms with Crippen LogP contribution < -0.4 is 15.5 Å². The average Bonchev–Trinajstić information content (AvgIpc) is 2.63. The van der Waals surface area contributed by atoms with E-state index in [0.29, 0.717) is 17.9 Å². The van der Waals surface area contributed by atoms with Crippen molar-refractivity contribution in [3.8, 4) is 5.75 Å². The first-order chi connectivity index (χ1) is 13.2. The standard InChI is InChI=1S/C22H29N3O3/c1-21(2)12-18(13-22(3,4)25-21)24-28-20(26)17-9-7-16(8-10-17)15-27-19-6-5-11-23-14-19/h5-11,14,18,24-25H,12-13,15H2,1-4H3. The lowest BCUT2D eigenvalue weighted by Gasteiger charge is -2.46. The van der Waals surface area contributed by atoms with E-state index in [9.17, 15) is 4.79 Å². The maximum absolute atomic E-state index is 12.4. The fourth-order valence-electron chi connectivity index (χ4n) is 3.94. The molecule has 0 aliphatic carbocycles. The molecule has 2 heterocycles. The van der Waals surface area contributed by atoms with Gasteiger partial charge in [-0.05, 0) is 70.4 Å². The Hall–Kier alpha value is -2.44. The fourth-order valence-corrected chi connectivity index (χ4v) is 3.94. The molecule has 6 nitrogen and oxygen atoms in total. The van der Waals surface area contributed by atoms with Crippen LogP contribution in [0.25, 0.3) is 0 Å². The van der Waals surface area contributed by atoms with Crippen LogP contribution in [0.1, 0.15) is 56.5 Å². The summed E-state index contributed by atoms with van der Waals surface area (Å²) in [4.78, 5) is 21.7. The molecule has 0 amide bonds. The third-order valence-corrected chi connectivity index (χ3v) is 4.74. The van der Waals surface area contributed by atoms with Crippen LogP contribution in [-0.2, 0) is 11.4 Å². The van der Waals surface area contributed by atoms with E-state index in [1.54, 1.807) is 24.5 Å². The van der Waals surface area contributed by atoms with Crippen LogP contribution in [0.5, 0.6) is 5.75 Å². The number of benzene rings is 1. The summed E-state index contributed by atoms with van der Waals surface area (Å²) in [5.74, 6) is 0.330. The van der Waals surface area contributed by atoms with Crippen LogP contribution in [0.3, 0.4) is 0 Å². The minimum atomic E-state index is -0.381. The van der Waals surface area contributed by atoms with Gasteiger partial charge in [-0.25, -0.2) is 4.79 Å². The summed E-state index contributed by atoms with van der Waals surface area (Å²) in [5, 5.41) is 3.61. The zero-order chi connectivity index (χ0) is 20.2. The molecule has 6 heteroatoms. The second-order valence-electron chi connectivity index (χ2n) is 8.68. The number of piperidine rings is 1. The Morgan fingerprint density at radius 1 is 1.14 bits per heavy atom. The van der Waals surface area contributed by atoms with Crippen LogP contribution in [0.15, 0.2) is 48.8 Å². The van der Waals surface area contributed by atoms with Crippen molar-refractivity contribution in [2.45, 2.75) is 64.3 Å². The van der Waals surface area contributed by atoms with Crippen LogP contribution >= 0.6 is 0 Å². The molecule has 2 aromatic rings. The molecule has 0 saturated carbocycles. The third-order valence-electron chi connectivity index (χ3n) is 4.74. The van der Waals surface area contributed by atoms with Gasteiger partial charge in [0.15, 0.2) is 0 Å². The molecule has 0 radical (unpaired) electrons. The van der Waals surface area contributed by atoms with E-state index < -0.39 is 0 Å². The lowest BCUT2D eigenvalue weighted by molar-refractivity contribution is -0.00191. The number of ether oxygens (including phenoxy) is 1. The highest BCUT2D eigenvalue weighted by Crippen LogP contribution is 2.28. The number of hydrogen-bond donors (Lipinski definition) is 2. The number of rotatable bonds is 6. The first-order valence-corrected chi connectivity index (χ1v) is 9.60. The van der Waals surface area contributed by atoms with Crippen molar-refractivity contribution in [1.82, 2.24) is 15.8 Å². The van der Waals surface area contributed by atoms with E-state index >= 15 is 0 Å². The van der Waals surface area contributed by atoms with Gasteiger partial charge in [-0.15, -0.1) is 5.48 Å². The molecule has 28 heavy (non-hydrogen) atoms. The van der Waals surface area contributed by atoms with Gasteiger partial charge in [-0.2, -0.15) is 0 Å². The first kappa shape index (κ1) is 20.3. The van der Waals surface area contributed by atoms with Crippen molar-refractivity contribution in [3.63, 3.8) is 0 Å². The zero-order valence-corrected chi connectivity index (χ0v) is 17.0. The molecule has 1 fully saturated rings. The number of hydroxylamine groups is 1. The van der Waals surface area contributed by atoms with Crippen molar-refractivity contribution in [3.05, 3.63) is 59.9 Å². The third kappa shape index (κ3) is 5.78. The molecule has 2 N–H and O–H groups in total. The zero-order valence-electron chi connectivity index (χ0n) is 17.0. The molecule has 1 aliphatic rings. The second-order valence-corrected chi connectivity index (χ2v) is 8.68. The van der Waals surface area contributed by atoms with Gasteiger partial charge in [-0.1, -0.05) is 12.1 Å². The topological polar surface area (TPSA) is 72.5 Å². The van der Waals surface area contributed by atoms with Gasteiger partial charge in [0.25, 0.3) is 0 Å². The van der Waals surface area contributed by atoms with Crippen LogP contribution in [-0.4, -0.2) is 28.1 Å². The average molecular weight is 383 g/mol. The first-order valence-electron chi connectivity index (χ1n) is 9.60. The van der Waals surface area contributed by atoms with Crippen molar-refractivity contribution in [1.29, 1.82) is 0 Å². The Balaban J connectivity index is 1.50. The van der Waals surface area contributed by atoms with Gasteiger partial charge >= 0.3 is 5.97 Å². The van der Waals surface area contributed by atoms with Gasteiger partial charge in [0, 0.05) is 23.3 Å². The Kier molecular flexibility index (Phi) is 6.01. The van der Waals surface area contributed by atoms with Gasteiger partial charge in [0.2, 0.25) is 0 Å². The molecule has 0 atom stereocenters. The summed E-state index contributed by atoms with van der Waals surface area (Å²) >= 11 is 0. The molecule has 1 saturated heterocycles. The van der Waals surface area contributed by atoms with Crippen LogP contribution in [0, 0.1) is 0 Å². The molecule has 0 bridgehead atoms. The van der Waals surface area contributed by atoms with E-state index in [4.69, 9.17) is 9.57 Å². The Labute approximate surface area is 166 Å². The van der Waals surface area contributed by atoms with Crippen LogP contribution in [0.2, 0.25) is 0 Å². The Morgan fingerprint density at radius 2 is 1.82 bits per heavy atom. The fraction of sp³-hybridized carbons (Fsp3) is 0.455. The highest BCUT2D eigenvalue weighted by molar-refractivity contribution is 5.89. The van der Waals surface area contributed by atoms with Crippen molar-refractivity contribution in [2.75, 3.05) is 0 Å². The number of hydrogen-bond acceptors (Lipinski definition) is 6. The van der Waals surface area contributed by atoms with Crippen molar-refractivity contribution < 1.29 is 14.4 Å². The summed E-state index contributed by atoms with van der Waals surface area (Å²) in [7, 11) is 0. The van der Waals surface area contributed by atoms with Crippen LogP contribution in [0.4, 0.5) is 0 Å². The normalized spacial score (nSPS) is 18.4. The molecule has 1 aromatic carbocycles. The Morgan fingerprint density at radius 3 is 2.43 bits per heavy atom. The highest BCUT2D eigenvalue weighted by Gasteiger charge is 2.38. The monoisotopic (exact) mass is 383 g/mol. The SMILES string of the molecule is CC1(C)CC(NOC(=O)c2ccc(COc3cccnc3)cc2)CC(C)(C)N1. The quantitative estimate of drug-likeness (QED) is 0.742. The van der Waals surface area contributed by atoms with Crippen molar-refractivity contribution >= 4 is 5.97 Å². The molecule has 150 valence electrons. The minimum Gasteiger partial charge on any atom is -0.487 e. The number of carbonyl (C=O) groups is 1. The summed E-state index contributed by atoms with van der Waals surface area (Å²) in [5.41, 5.74) is 4.42. The molecule has 1 aromatic heterocycles. The smallest absolute Gasteiger partial charge is 0.356 e. The van der Waals surface area contributed by atoms with E-state index in [1.807, 2.05) is 24.3 Å². The maximum Gasteiger partial charge on any atom is 0.356 e. The summed E-state index contributed by atoms with van der Waals surface area (Å²) in [6, 6.07) is 11.0. The number of carbonyl (C=O) groups excluding carboxylic acids is 1. The minimum absolute atomic E-state index is 0.0122. The molecule has 0 spiro atoms. The predicted molar refractivity (Wildman–Crippen MR) is 108 cm³/mol.